The van der Waals surface area contributed by atoms with Gasteiger partial charge in [0.25, 0.3) is 0 Å². The second kappa shape index (κ2) is 8.14. The lowest BCUT2D eigenvalue weighted by Gasteiger charge is -2.08. The molecular formula is C15H17N5O2S. The molecule has 0 unspecified atom stereocenters. The Morgan fingerprint density at radius 1 is 1.43 bits per heavy atom. The van der Waals surface area contributed by atoms with Gasteiger partial charge in [0.05, 0.1) is 11.4 Å². The average Bonchev–Trinajstić information content (AvgIpc) is 2.99. The van der Waals surface area contributed by atoms with Gasteiger partial charge in [-0.15, -0.1) is 16.8 Å². The zero-order valence-electron chi connectivity index (χ0n) is 12.7. The summed E-state index contributed by atoms with van der Waals surface area (Å²) in [6.07, 6.45) is 3.19. The molecule has 0 bridgehead atoms. The SMILES string of the molecule is C=CCNC(=O)CSc1nncn1-c1cccc(NC(C)=O)c1. The smallest absolute Gasteiger partial charge is 0.230 e. The van der Waals surface area contributed by atoms with E-state index in [2.05, 4.69) is 27.4 Å². The zero-order valence-corrected chi connectivity index (χ0v) is 13.5. The Morgan fingerprint density at radius 3 is 3.00 bits per heavy atom. The number of carbonyl (C=O) groups excluding carboxylic acids is 2. The fraction of sp³-hybridized carbons (Fsp3) is 0.200. The molecule has 1 aromatic heterocycles. The molecule has 2 aromatic rings. The number of rotatable bonds is 7. The van der Waals surface area contributed by atoms with Crippen molar-refractivity contribution in [3.05, 3.63) is 43.2 Å². The van der Waals surface area contributed by atoms with Crippen LogP contribution < -0.4 is 10.6 Å². The monoisotopic (exact) mass is 331 g/mol. The Kier molecular flexibility index (Phi) is 5.93. The first-order valence-electron chi connectivity index (χ1n) is 6.88. The second-order valence-electron chi connectivity index (χ2n) is 4.60. The molecule has 0 atom stereocenters. The Balaban J connectivity index is 2.10. The van der Waals surface area contributed by atoms with Gasteiger partial charge in [-0.1, -0.05) is 23.9 Å². The molecule has 120 valence electrons. The highest BCUT2D eigenvalue weighted by Gasteiger charge is 2.10. The minimum absolute atomic E-state index is 0.101. The highest BCUT2D eigenvalue weighted by atomic mass is 32.2. The van der Waals surface area contributed by atoms with Crippen LogP contribution in [0.3, 0.4) is 0 Å². The molecule has 0 saturated heterocycles. The normalized spacial score (nSPS) is 10.1. The van der Waals surface area contributed by atoms with Crippen molar-refractivity contribution in [2.24, 2.45) is 0 Å². The molecule has 7 nitrogen and oxygen atoms in total. The predicted molar refractivity (Wildman–Crippen MR) is 89.6 cm³/mol. The van der Waals surface area contributed by atoms with Gasteiger partial charge in [-0.05, 0) is 18.2 Å². The molecule has 0 saturated carbocycles. The molecule has 0 radical (unpaired) electrons. The molecule has 2 rings (SSSR count). The van der Waals surface area contributed by atoms with Gasteiger partial charge in [-0.3, -0.25) is 14.2 Å². The van der Waals surface area contributed by atoms with Gasteiger partial charge in [-0.2, -0.15) is 0 Å². The molecular weight excluding hydrogens is 314 g/mol. The summed E-state index contributed by atoms with van der Waals surface area (Å²) in [7, 11) is 0. The maximum Gasteiger partial charge on any atom is 0.230 e. The number of benzene rings is 1. The van der Waals surface area contributed by atoms with Gasteiger partial charge in [0.1, 0.15) is 6.33 Å². The number of anilines is 1. The topological polar surface area (TPSA) is 88.9 Å². The lowest BCUT2D eigenvalue weighted by Crippen LogP contribution is -2.25. The Labute approximate surface area is 138 Å². The molecule has 23 heavy (non-hydrogen) atoms. The number of nitrogens with zero attached hydrogens (tertiary/aromatic N) is 3. The van der Waals surface area contributed by atoms with Crippen molar-refractivity contribution >= 4 is 29.3 Å². The highest BCUT2D eigenvalue weighted by Crippen LogP contribution is 2.21. The number of hydrogen-bond donors (Lipinski definition) is 2. The van der Waals surface area contributed by atoms with E-state index >= 15 is 0 Å². The molecule has 1 aromatic carbocycles. The highest BCUT2D eigenvalue weighted by molar-refractivity contribution is 7.99. The molecule has 0 spiro atoms. The van der Waals surface area contributed by atoms with Gasteiger partial charge < -0.3 is 10.6 Å². The quantitative estimate of drug-likeness (QED) is 0.594. The summed E-state index contributed by atoms with van der Waals surface area (Å²) in [6, 6.07) is 7.31. The molecule has 2 amide bonds. The van der Waals surface area contributed by atoms with Gasteiger partial charge in [0.2, 0.25) is 11.8 Å². The fourth-order valence-corrected chi connectivity index (χ4v) is 2.56. The average molecular weight is 331 g/mol. The first-order chi connectivity index (χ1) is 11.1. The van der Waals surface area contributed by atoms with E-state index in [1.807, 2.05) is 18.2 Å². The van der Waals surface area contributed by atoms with Crippen LogP contribution in [0.15, 0.2) is 48.4 Å². The predicted octanol–water partition coefficient (Wildman–Crippen LogP) is 1.62. The van der Waals surface area contributed by atoms with Crippen LogP contribution in [0, 0.1) is 0 Å². The van der Waals surface area contributed by atoms with Crippen molar-refractivity contribution < 1.29 is 9.59 Å². The van der Waals surface area contributed by atoms with Crippen LogP contribution in [0.2, 0.25) is 0 Å². The number of aromatic nitrogens is 3. The number of carbonyl (C=O) groups is 2. The van der Waals surface area contributed by atoms with E-state index in [-0.39, 0.29) is 17.6 Å². The van der Waals surface area contributed by atoms with Gasteiger partial charge in [0, 0.05) is 19.2 Å². The summed E-state index contributed by atoms with van der Waals surface area (Å²) in [5.41, 5.74) is 1.48. The number of amides is 2. The van der Waals surface area contributed by atoms with E-state index in [4.69, 9.17) is 0 Å². The second-order valence-corrected chi connectivity index (χ2v) is 5.54. The van der Waals surface area contributed by atoms with Crippen LogP contribution in [0.1, 0.15) is 6.92 Å². The van der Waals surface area contributed by atoms with E-state index in [1.165, 1.54) is 18.7 Å². The van der Waals surface area contributed by atoms with Crippen molar-refractivity contribution in [3.63, 3.8) is 0 Å². The molecule has 2 N–H and O–H groups in total. The number of thioether (sulfide) groups is 1. The van der Waals surface area contributed by atoms with Crippen LogP contribution in [0.4, 0.5) is 5.69 Å². The van der Waals surface area contributed by atoms with Crippen molar-refractivity contribution in [1.82, 2.24) is 20.1 Å². The summed E-state index contributed by atoms with van der Waals surface area (Å²) in [5, 5.41) is 13.9. The Hall–Kier alpha value is -2.61. The maximum atomic E-state index is 11.6. The maximum absolute atomic E-state index is 11.6. The third kappa shape index (κ3) is 4.96. The standard InChI is InChI=1S/C15H17N5O2S/c1-3-7-16-14(22)9-23-15-19-17-10-20(15)13-6-4-5-12(8-13)18-11(2)21/h3-6,8,10H,1,7,9H2,2H3,(H,16,22)(H,18,21). The van der Waals surface area contributed by atoms with E-state index in [0.717, 1.165) is 5.69 Å². The number of nitrogens with one attached hydrogen (secondary N) is 2. The van der Waals surface area contributed by atoms with Crippen LogP contribution >= 0.6 is 11.8 Å². The summed E-state index contributed by atoms with van der Waals surface area (Å²) < 4.78 is 1.76. The molecule has 0 aliphatic heterocycles. The minimum Gasteiger partial charge on any atom is -0.352 e. The van der Waals surface area contributed by atoms with Gasteiger partial charge in [-0.25, -0.2) is 0 Å². The summed E-state index contributed by atoms with van der Waals surface area (Å²) in [5.74, 6) is -0.00591. The van der Waals surface area contributed by atoms with E-state index in [9.17, 15) is 9.59 Å². The van der Waals surface area contributed by atoms with E-state index in [0.29, 0.717) is 17.4 Å². The van der Waals surface area contributed by atoms with Crippen LogP contribution in [-0.2, 0) is 9.59 Å². The Bertz CT molecular complexity index is 713. The molecule has 0 aliphatic rings. The fourth-order valence-electron chi connectivity index (χ4n) is 1.80. The molecule has 0 aliphatic carbocycles. The minimum atomic E-state index is -0.139. The van der Waals surface area contributed by atoms with Crippen molar-refractivity contribution in [1.29, 1.82) is 0 Å². The molecule has 0 fully saturated rings. The summed E-state index contributed by atoms with van der Waals surface area (Å²) >= 11 is 1.28. The van der Waals surface area contributed by atoms with E-state index in [1.54, 1.807) is 23.0 Å². The molecule has 8 heteroatoms. The van der Waals surface area contributed by atoms with Gasteiger partial charge in [0.15, 0.2) is 5.16 Å². The summed E-state index contributed by atoms with van der Waals surface area (Å²) in [6.45, 7) is 5.44. The van der Waals surface area contributed by atoms with Crippen LogP contribution in [0.5, 0.6) is 0 Å². The Morgan fingerprint density at radius 2 is 2.26 bits per heavy atom. The lowest BCUT2D eigenvalue weighted by atomic mass is 10.2. The van der Waals surface area contributed by atoms with Gasteiger partial charge >= 0.3 is 0 Å². The van der Waals surface area contributed by atoms with Crippen molar-refractivity contribution in [2.45, 2.75) is 12.1 Å². The zero-order chi connectivity index (χ0) is 16.7. The van der Waals surface area contributed by atoms with E-state index < -0.39 is 0 Å². The number of hydrogen-bond acceptors (Lipinski definition) is 5. The first kappa shape index (κ1) is 16.8. The third-order valence-electron chi connectivity index (χ3n) is 2.74. The van der Waals surface area contributed by atoms with Crippen molar-refractivity contribution in [3.8, 4) is 5.69 Å². The lowest BCUT2D eigenvalue weighted by molar-refractivity contribution is -0.118. The third-order valence-corrected chi connectivity index (χ3v) is 3.68. The van der Waals surface area contributed by atoms with Crippen molar-refractivity contribution in [2.75, 3.05) is 17.6 Å². The molecule has 1 heterocycles. The largest absolute Gasteiger partial charge is 0.352 e. The van der Waals surface area contributed by atoms with Crippen LogP contribution in [-0.4, -0.2) is 38.9 Å². The summed E-state index contributed by atoms with van der Waals surface area (Å²) in [4.78, 5) is 22.8. The van der Waals surface area contributed by atoms with Crippen LogP contribution in [0.25, 0.3) is 5.69 Å². The first-order valence-corrected chi connectivity index (χ1v) is 7.87.